The summed E-state index contributed by atoms with van der Waals surface area (Å²) in [5.41, 5.74) is 5.54. The van der Waals surface area contributed by atoms with Crippen molar-refractivity contribution in [1.29, 1.82) is 0 Å². The number of amides is 3. The van der Waals surface area contributed by atoms with Gasteiger partial charge in [-0.05, 0) is 25.0 Å². The van der Waals surface area contributed by atoms with Gasteiger partial charge in [-0.1, -0.05) is 23.2 Å². The number of hydrogen-bond acceptors (Lipinski definition) is 4. The Bertz CT molecular complexity index is 630. The van der Waals surface area contributed by atoms with Gasteiger partial charge in [0.2, 0.25) is 17.7 Å². The number of aromatic nitrogens is 1. The van der Waals surface area contributed by atoms with Gasteiger partial charge in [0.15, 0.2) is 5.15 Å². The molecule has 0 atom stereocenters. The standard InChI is InChI=1S/C14H16Cl2N4O3/c15-10-2-1-9(13(16)19-10)18-11(21)7-12(22)20-5-3-8(4-6-20)14(17)23/h1-2,8H,3-7H2,(H2,17,23)(H,18,21). The molecule has 9 heteroatoms. The van der Waals surface area contributed by atoms with E-state index >= 15 is 0 Å². The molecule has 1 fully saturated rings. The lowest BCUT2D eigenvalue weighted by Gasteiger charge is -2.30. The van der Waals surface area contributed by atoms with Gasteiger partial charge in [-0.3, -0.25) is 14.4 Å². The average molecular weight is 359 g/mol. The topological polar surface area (TPSA) is 105 Å². The second kappa shape index (κ2) is 7.61. The van der Waals surface area contributed by atoms with Gasteiger partial charge in [-0.25, -0.2) is 4.98 Å². The van der Waals surface area contributed by atoms with Gasteiger partial charge in [0.25, 0.3) is 0 Å². The molecular formula is C14H16Cl2N4O3. The molecule has 7 nitrogen and oxygen atoms in total. The fraction of sp³-hybridized carbons (Fsp3) is 0.429. The van der Waals surface area contributed by atoms with E-state index in [0.717, 1.165) is 0 Å². The Morgan fingerprint density at radius 1 is 1.26 bits per heavy atom. The number of nitrogens with one attached hydrogen (secondary N) is 1. The van der Waals surface area contributed by atoms with Crippen molar-refractivity contribution >= 4 is 46.6 Å². The molecule has 0 unspecified atom stereocenters. The minimum atomic E-state index is -0.488. The first-order chi connectivity index (χ1) is 10.9. The number of pyridine rings is 1. The van der Waals surface area contributed by atoms with Crippen LogP contribution in [0.3, 0.4) is 0 Å². The summed E-state index contributed by atoms with van der Waals surface area (Å²) in [6.07, 6.45) is 0.742. The predicted molar refractivity (Wildman–Crippen MR) is 86.0 cm³/mol. The number of carbonyl (C=O) groups excluding carboxylic acids is 3. The first kappa shape index (κ1) is 17.5. The maximum Gasteiger partial charge on any atom is 0.233 e. The third-order valence-corrected chi connectivity index (χ3v) is 4.15. The summed E-state index contributed by atoms with van der Waals surface area (Å²) >= 11 is 11.5. The van der Waals surface area contributed by atoms with Gasteiger partial charge < -0.3 is 16.0 Å². The van der Waals surface area contributed by atoms with Crippen LogP contribution in [0.25, 0.3) is 0 Å². The minimum absolute atomic E-state index is 0.0561. The Hall–Kier alpha value is -1.86. The second-order valence-electron chi connectivity index (χ2n) is 5.25. The zero-order valence-corrected chi connectivity index (χ0v) is 13.7. The van der Waals surface area contributed by atoms with Crippen LogP contribution in [0.5, 0.6) is 0 Å². The lowest BCUT2D eigenvalue weighted by atomic mass is 9.96. The molecule has 124 valence electrons. The van der Waals surface area contributed by atoms with E-state index in [1.807, 2.05) is 0 Å². The van der Waals surface area contributed by atoms with Crippen LogP contribution in [-0.2, 0) is 14.4 Å². The smallest absolute Gasteiger partial charge is 0.233 e. The molecular weight excluding hydrogens is 343 g/mol. The number of nitrogens with zero attached hydrogens (tertiary/aromatic N) is 2. The van der Waals surface area contributed by atoms with Crippen molar-refractivity contribution in [2.45, 2.75) is 19.3 Å². The number of carbonyl (C=O) groups is 3. The number of anilines is 1. The molecule has 1 saturated heterocycles. The van der Waals surface area contributed by atoms with Crippen LogP contribution in [0.15, 0.2) is 12.1 Å². The maximum atomic E-state index is 12.1. The molecule has 0 bridgehead atoms. The van der Waals surface area contributed by atoms with E-state index in [1.54, 1.807) is 4.90 Å². The van der Waals surface area contributed by atoms with Gasteiger partial charge >= 0.3 is 0 Å². The third kappa shape index (κ3) is 4.80. The summed E-state index contributed by atoms with van der Waals surface area (Å²) in [5, 5.41) is 2.79. The zero-order valence-electron chi connectivity index (χ0n) is 12.2. The first-order valence-corrected chi connectivity index (χ1v) is 7.81. The molecule has 3 N–H and O–H groups in total. The number of likely N-dealkylation sites (tertiary alicyclic amines) is 1. The fourth-order valence-electron chi connectivity index (χ4n) is 2.36. The summed E-state index contributed by atoms with van der Waals surface area (Å²) in [5.74, 6) is -1.34. The number of primary amides is 1. The van der Waals surface area contributed by atoms with Gasteiger partial charge in [0.05, 0.1) is 5.69 Å². The number of piperidine rings is 1. The summed E-state index contributed by atoms with van der Waals surface area (Å²) in [7, 11) is 0. The van der Waals surface area contributed by atoms with Crippen LogP contribution >= 0.6 is 23.2 Å². The summed E-state index contributed by atoms with van der Waals surface area (Å²) in [4.78, 5) is 40.5. The highest BCUT2D eigenvalue weighted by Crippen LogP contribution is 2.22. The van der Waals surface area contributed by atoms with Crippen molar-refractivity contribution in [3.63, 3.8) is 0 Å². The number of hydrogen-bond donors (Lipinski definition) is 2. The van der Waals surface area contributed by atoms with E-state index in [1.165, 1.54) is 12.1 Å². The normalized spacial score (nSPS) is 15.3. The van der Waals surface area contributed by atoms with Crippen molar-refractivity contribution in [3.8, 4) is 0 Å². The molecule has 2 heterocycles. The molecule has 3 amide bonds. The van der Waals surface area contributed by atoms with Gasteiger partial charge in [0, 0.05) is 19.0 Å². The maximum absolute atomic E-state index is 12.1. The Morgan fingerprint density at radius 3 is 2.48 bits per heavy atom. The highest BCUT2D eigenvalue weighted by Gasteiger charge is 2.26. The lowest BCUT2D eigenvalue weighted by molar-refractivity contribution is -0.137. The van der Waals surface area contributed by atoms with Crippen LogP contribution in [0, 0.1) is 5.92 Å². The lowest BCUT2D eigenvalue weighted by Crippen LogP contribution is -2.42. The quantitative estimate of drug-likeness (QED) is 0.627. The van der Waals surface area contributed by atoms with Crippen molar-refractivity contribution in [2.75, 3.05) is 18.4 Å². The van der Waals surface area contributed by atoms with Crippen molar-refractivity contribution in [1.82, 2.24) is 9.88 Å². The Kier molecular flexibility index (Phi) is 5.79. The SMILES string of the molecule is NC(=O)C1CCN(C(=O)CC(=O)Nc2ccc(Cl)nc2Cl)CC1. The van der Waals surface area contributed by atoms with E-state index in [4.69, 9.17) is 28.9 Å². The van der Waals surface area contributed by atoms with Gasteiger partial charge in [0.1, 0.15) is 11.6 Å². The molecule has 0 saturated carbocycles. The average Bonchev–Trinajstić information content (AvgIpc) is 2.50. The van der Waals surface area contributed by atoms with E-state index in [0.29, 0.717) is 31.6 Å². The summed E-state index contributed by atoms with van der Waals surface area (Å²) in [6.45, 7) is 0.839. The molecule has 0 aromatic carbocycles. The molecule has 0 aliphatic carbocycles. The number of nitrogens with two attached hydrogens (primary N) is 1. The second-order valence-corrected chi connectivity index (χ2v) is 6.00. The van der Waals surface area contributed by atoms with E-state index < -0.39 is 5.91 Å². The predicted octanol–water partition coefficient (Wildman–Crippen LogP) is 1.44. The van der Waals surface area contributed by atoms with Crippen LogP contribution in [0.4, 0.5) is 5.69 Å². The first-order valence-electron chi connectivity index (χ1n) is 7.06. The van der Waals surface area contributed by atoms with Gasteiger partial charge in [-0.15, -0.1) is 0 Å². The molecule has 2 rings (SSSR count). The molecule has 1 aromatic heterocycles. The molecule has 0 spiro atoms. The van der Waals surface area contributed by atoms with Crippen LogP contribution < -0.4 is 11.1 Å². The van der Waals surface area contributed by atoms with Crippen molar-refractivity contribution in [2.24, 2.45) is 11.7 Å². The van der Waals surface area contributed by atoms with Gasteiger partial charge in [-0.2, -0.15) is 0 Å². The van der Waals surface area contributed by atoms with Crippen molar-refractivity contribution in [3.05, 3.63) is 22.4 Å². The van der Waals surface area contributed by atoms with Crippen LogP contribution in [-0.4, -0.2) is 40.7 Å². The van der Waals surface area contributed by atoms with Crippen LogP contribution in [0.1, 0.15) is 19.3 Å². The fourth-order valence-corrected chi connectivity index (χ4v) is 2.75. The highest BCUT2D eigenvalue weighted by atomic mass is 35.5. The molecule has 1 aliphatic rings. The Morgan fingerprint density at radius 2 is 1.91 bits per heavy atom. The third-order valence-electron chi connectivity index (χ3n) is 3.65. The molecule has 1 aromatic rings. The minimum Gasteiger partial charge on any atom is -0.369 e. The molecule has 23 heavy (non-hydrogen) atoms. The zero-order chi connectivity index (χ0) is 17.0. The number of rotatable bonds is 4. The largest absolute Gasteiger partial charge is 0.369 e. The molecule has 1 aliphatic heterocycles. The van der Waals surface area contributed by atoms with Crippen molar-refractivity contribution < 1.29 is 14.4 Å². The summed E-state index contributed by atoms with van der Waals surface area (Å²) < 4.78 is 0. The van der Waals surface area contributed by atoms with E-state index in [9.17, 15) is 14.4 Å². The highest BCUT2D eigenvalue weighted by molar-refractivity contribution is 6.34. The number of halogens is 2. The van der Waals surface area contributed by atoms with E-state index in [-0.39, 0.29) is 34.5 Å². The molecule has 0 radical (unpaired) electrons. The summed E-state index contributed by atoms with van der Waals surface area (Å²) in [6, 6.07) is 3.00. The Labute approximate surface area is 143 Å². The van der Waals surface area contributed by atoms with E-state index in [2.05, 4.69) is 10.3 Å². The Balaban J connectivity index is 1.85. The van der Waals surface area contributed by atoms with Crippen LogP contribution in [0.2, 0.25) is 10.3 Å². The monoisotopic (exact) mass is 358 g/mol.